The van der Waals surface area contributed by atoms with E-state index in [1.54, 1.807) is 0 Å². The third-order valence-electron chi connectivity index (χ3n) is 4.32. The maximum atomic E-state index is 10.8. The monoisotopic (exact) mass is 572 g/mol. The van der Waals surface area contributed by atoms with Gasteiger partial charge in [0.1, 0.15) is 0 Å². The van der Waals surface area contributed by atoms with Gasteiger partial charge in [0.05, 0.1) is 43.6 Å². The maximum Gasteiger partial charge on any atom is 2.00 e. The Morgan fingerprint density at radius 1 is 0.667 bits per heavy atom. The third-order valence-corrected chi connectivity index (χ3v) is 4.32. The number of hydrogen-bond acceptors (Lipinski definition) is 10. The van der Waals surface area contributed by atoms with Crippen molar-refractivity contribution in [1.29, 1.82) is 0 Å². The summed E-state index contributed by atoms with van der Waals surface area (Å²) in [6.45, 7) is 0. The zero-order chi connectivity index (χ0) is 23.4. The van der Waals surface area contributed by atoms with Crippen LogP contribution < -0.4 is 10.2 Å². The molecule has 2 aromatic carbocycles. The minimum atomic E-state index is -1.46. The number of nitro groups is 2. The summed E-state index contributed by atoms with van der Waals surface area (Å²) in [6, 6.07) is 10.8. The van der Waals surface area contributed by atoms with Gasteiger partial charge in [-0.3, -0.25) is 30.2 Å². The summed E-state index contributed by atoms with van der Waals surface area (Å²) < 4.78 is 0. The number of benzene rings is 2. The van der Waals surface area contributed by atoms with E-state index in [-0.39, 0.29) is 93.2 Å². The van der Waals surface area contributed by atoms with Crippen molar-refractivity contribution in [3.8, 4) is 0 Å². The van der Waals surface area contributed by atoms with Gasteiger partial charge in [-0.1, -0.05) is 12.1 Å². The smallest absolute Gasteiger partial charge is 0.545 e. The fourth-order valence-corrected chi connectivity index (χ4v) is 3.02. The number of nitrogens with zero attached hydrogens (tertiary/aromatic N) is 4. The first-order valence-corrected chi connectivity index (χ1v) is 8.69. The number of carbonyl (C=O) groups is 2. The number of rotatable bonds is 4. The predicted molar refractivity (Wildman–Crippen MR) is 111 cm³/mol. The molecule has 2 aromatic heterocycles. The number of non-ortho nitro benzene ring substituents is 2. The second-order valence-corrected chi connectivity index (χ2v) is 6.15. The van der Waals surface area contributed by atoms with Crippen LogP contribution in [0.25, 0.3) is 21.8 Å². The van der Waals surface area contributed by atoms with Crippen LogP contribution in [0.1, 0.15) is 20.7 Å². The fourth-order valence-electron chi connectivity index (χ4n) is 3.02. The topological polar surface area (TPSA) is 192 Å². The molecule has 0 atom stereocenters. The summed E-state index contributed by atoms with van der Waals surface area (Å²) >= 11 is 0. The SMILES string of the molecule is O=C([O-])c1ccnc2cccc([N+](=O)[O-])c12.O=C([O-])c1ccnc2cccc([N+](=O)[O-])c12.[Ba+2]. The number of aromatic carboxylic acids is 2. The van der Waals surface area contributed by atoms with Crippen LogP contribution >= 0.6 is 0 Å². The van der Waals surface area contributed by atoms with Gasteiger partial charge < -0.3 is 19.8 Å². The molecule has 0 saturated carbocycles. The second kappa shape index (κ2) is 10.9. The second-order valence-electron chi connectivity index (χ2n) is 6.15. The molecule has 13 heteroatoms. The van der Waals surface area contributed by atoms with Gasteiger partial charge in [-0.15, -0.1) is 0 Å². The molecule has 12 nitrogen and oxygen atoms in total. The molecule has 0 unspecified atom stereocenters. The Morgan fingerprint density at radius 2 is 1.03 bits per heavy atom. The minimum Gasteiger partial charge on any atom is -0.545 e. The van der Waals surface area contributed by atoms with Gasteiger partial charge in [-0.2, -0.15) is 0 Å². The number of fused-ring (bicyclic) bond motifs is 2. The molecule has 0 aliphatic rings. The molecular formula is C20H10BaN4O8. The molecule has 0 aliphatic heterocycles. The van der Waals surface area contributed by atoms with Crippen LogP contribution in [-0.4, -0.2) is 80.6 Å². The van der Waals surface area contributed by atoms with E-state index in [9.17, 15) is 40.0 Å². The summed E-state index contributed by atoms with van der Waals surface area (Å²) in [6.07, 6.45) is 2.55. The van der Waals surface area contributed by atoms with E-state index in [2.05, 4.69) is 9.97 Å². The molecule has 2 heterocycles. The molecule has 0 amide bonds. The van der Waals surface area contributed by atoms with Crippen molar-refractivity contribution in [1.82, 2.24) is 9.97 Å². The van der Waals surface area contributed by atoms with E-state index in [0.717, 1.165) is 0 Å². The van der Waals surface area contributed by atoms with Crippen molar-refractivity contribution >= 4 is 94.0 Å². The molecule has 0 bridgehead atoms. The van der Waals surface area contributed by atoms with E-state index in [4.69, 9.17) is 0 Å². The molecule has 0 spiro atoms. The summed E-state index contributed by atoms with van der Waals surface area (Å²) in [5, 5.41) is 43.2. The first-order chi connectivity index (χ1) is 15.2. The van der Waals surface area contributed by atoms with Crippen molar-refractivity contribution < 1.29 is 29.6 Å². The Morgan fingerprint density at radius 3 is 1.33 bits per heavy atom. The quantitative estimate of drug-likeness (QED) is 0.191. The largest absolute Gasteiger partial charge is 2.00 e. The zero-order valence-electron chi connectivity index (χ0n) is 16.5. The molecule has 0 aliphatic carbocycles. The standard InChI is InChI=1S/2C10H6N2O4.Ba/c2*13-10(14)6-4-5-11-7-2-1-3-8(9(6)7)12(15)16;/h2*1-5H,(H,13,14);/q;;+2/p-2. The average Bonchev–Trinajstić information content (AvgIpc) is 2.77. The summed E-state index contributed by atoms with van der Waals surface area (Å²) in [4.78, 5) is 49.6. The summed E-state index contributed by atoms with van der Waals surface area (Å²) in [5.74, 6) is -2.91. The number of pyridine rings is 2. The average molecular weight is 572 g/mol. The number of nitro benzene ring substituents is 2. The van der Waals surface area contributed by atoms with Crippen LogP contribution in [0, 0.1) is 20.2 Å². The van der Waals surface area contributed by atoms with Crippen molar-refractivity contribution in [2.75, 3.05) is 0 Å². The molecule has 0 radical (unpaired) electrons. The van der Waals surface area contributed by atoms with Crippen molar-refractivity contribution in [3.63, 3.8) is 0 Å². The third kappa shape index (κ3) is 5.50. The van der Waals surface area contributed by atoms with Crippen molar-refractivity contribution in [2.24, 2.45) is 0 Å². The van der Waals surface area contributed by atoms with Crippen LogP contribution in [0.15, 0.2) is 60.9 Å². The van der Waals surface area contributed by atoms with Gasteiger partial charge >= 0.3 is 48.9 Å². The van der Waals surface area contributed by atoms with Gasteiger partial charge in [0, 0.05) is 35.7 Å². The van der Waals surface area contributed by atoms with Crippen molar-refractivity contribution in [3.05, 3.63) is 92.3 Å². The van der Waals surface area contributed by atoms with E-state index >= 15 is 0 Å². The molecule has 4 aromatic rings. The minimum absolute atomic E-state index is 0. The summed E-state index contributed by atoms with van der Waals surface area (Å²) in [7, 11) is 0. The zero-order valence-corrected chi connectivity index (χ0v) is 21.0. The van der Waals surface area contributed by atoms with Gasteiger partial charge in [0.2, 0.25) is 0 Å². The van der Waals surface area contributed by atoms with Gasteiger partial charge in [0.15, 0.2) is 0 Å². The van der Waals surface area contributed by atoms with Crippen LogP contribution in [0.5, 0.6) is 0 Å². The van der Waals surface area contributed by atoms with Crippen LogP contribution in [0.2, 0.25) is 0 Å². The Hall–Kier alpha value is -3.43. The Balaban J connectivity index is 0.000000227. The molecule has 160 valence electrons. The van der Waals surface area contributed by atoms with Crippen LogP contribution in [0.3, 0.4) is 0 Å². The molecule has 0 fully saturated rings. The normalized spacial score (nSPS) is 9.94. The molecular weight excluding hydrogens is 562 g/mol. The Kier molecular flexibility index (Phi) is 8.56. The first kappa shape index (κ1) is 25.8. The van der Waals surface area contributed by atoms with E-state index in [0.29, 0.717) is 0 Å². The van der Waals surface area contributed by atoms with E-state index in [1.165, 1.54) is 60.9 Å². The van der Waals surface area contributed by atoms with Gasteiger partial charge in [-0.25, -0.2) is 0 Å². The maximum absolute atomic E-state index is 10.8. The van der Waals surface area contributed by atoms with Gasteiger partial charge in [-0.05, 0) is 24.3 Å². The van der Waals surface area contributed by atoms with E-state index in [1.807, 2.05) is 0 Å². The number of carbonyl (C=O) groups excluding carboxylic acids is 2. The van der Waals surface area contributed by atoms with Crippen LogP contribution in [-0.2, 0) is 0 Å². The summed E-state index contributed by atoms with van der Waals surface area (Å²) in [5.41, 5.74) is -0.504. The molecule has 0 saturated heterocycles. The number of hydrogen-bond donors (Lipinski definition) is 0. The fraction of sp³-hybridized carbons (Fsp3) is 0. The van der Waals surface area contributed by atoms with Crippen LogP contribution in [0.4, 0.5) is 11.4 Å². The molecule has 0 N–H and O–H groups in total. The van der Waals surface area contributed by atoms with Gasteiger partial charge in [0.25, 0.3) is 11.4 Å². The molecule has 4 rings (SSSR count). The Bertz CT molecular complexity index is 1200. The molecule has 33 heavy (non-hydrogen) atoms. The number of carboxylic acid groups (broad SMARTS) is 2. The Labute approximate surface area is 224 Å². The first-order valence-electron chi connectivity index (χ1n) is 8.69. The van der Waals surface area contributed by atoms with E-state index < -0.39 is 21.8 Å². The predicted octanol–water partition coefficient (Wildman–Crippen LogP) is 0.632. The van der Waals surface area contributed by atoms with Crippen molar-refractivity contribution in [2.45, 2.75) is 0 Å². The number of aromatic nitrogens is 2. The number of carboxylic acids is 2.